The fourth-order valence-electron chi connectivity index (χ4n) is 1.99. The minimum absolute atomic E-state index is 0.162. The number of aromatic amines is 1. The van der Waals surface area contributed by atoms with Gasteiger partial charge in [0.25, 0.3) is 0 Å². The fraction of sp³-hybridized carbons (Fsp3) is 0.357. The van der Waals surface area contributed by atoms with Gasteiger partial charge in [0.15, 0.2) is 11.6 Å². The second-order valence-electron chi connectivity index (χ2n) is 5.02. The van der Waals surface area contributed by atoms with Crippen LogP contribution in [0.4, 0.5) is 8.78 Å². The van der Waals surface area contributed by atoms with Gasteiger partial charge < -0.3 is 10.7 Å². The van der Waals surface area contributed by atoms with Gasteiger partial charge in [0.1, 0.15) is 5.82 Å². The summed E-state index contributed by atoms with van der Waals surface area (Å²) < 4.78 is 26.8. The number of hydrogen-bond acceptors (Lipinski definition) is 2. The van der Waals surface area contributed by atoms with Gasteiger partial charge in [-0.3, -0.25) is 0 Å². The molecular formula is C14H17F2N3. The summed E-state index contributed by atoms with van der Waals surface area (Å²) >= 11 is 0. The number of imidazole rings is 1. The maximum atomic E-state index is 13.7. The number of benzene rings is 1. The molecule has 0 saturated heterocycles. The molecule has 1 atom stereocenters. The monoisotopic (exact) mass is 265 g/mol. The van der Waals surface area contributed by atoms with Crippen LogP contribution in [0, 0.1) is 17.6 Å². The third-order valence-corrected chi connectivity index (χ3v) is 2.91. The van der Waals surface area contributed by atoms with Crippen LogP contribution in [0.25, 0.3) is 11.3 Å². The lowest BCUT2D eigenvalue weighted by atomic mass is 10.0. The van der Waals surface area contributed by atoms with E-state index in [-0.39, 0.29) is 11.6 Å². The van der Waals surface area contributed by atoms with Crippen molar-refractivity contribution in [3.63, 3.8) is 0 Å². The predicted octanol–water partition coefficient (Wildman–Crippen LogP) is 3.40. The number of H-pyrrole nitrogens is 1. The van der Waals surface area contributed by atoms with Crippen LogP contribution in [0.15, 0.2) is 24.4 Å². The molecule has 5 heteroatoms. The van der Waals surface area contributed by atoms with E-state index >= 15 is 0 Å². The van der Waals surface area contributed by atoms with Crippen molar-refractivity contribution in [1.29, 1.82) is 0 Å². The maximum absolute atomic E-state index is 13.7. The topological polar surface area (TPSA) is 54.7 Å². The lowest BCUT2D eigenvalue weighted by Crippen LogP contribution is -2.14. The lowest BCUT2D eigenvalue weighted by molar-refractivity contribution is 0.495. The summed E-state index contributed by atoms with van der Waals surface area (Å²) in [5.41, 5.74) is 6.59. The zero-order chi connectivity index (χ0) is 14.0. The molecule has 2 aromatic rings. The third-order valence-electron chi connectivity index (χ3n) is 2.91. The summed E-state index contributed by atoms with van der Waals surface area (Å²) in [5.74, 6) is -0.725. The molecule has 0 aliphatic rings. The third kappa shape index (κ3) is 2.98. The van der Waals surface area contributed by atoms with Crippen LogP contribution in [0.3, 0.4) is 0 Å². The van der Waals surface area contributed by atoms with Crippen molar-refractivity contribution in [2.45, 2.75) is 26.3 Å². The zero-order valence-electron chi connectivity index (χ0n) is 11.0. The van der Waals surface area contributed by atoms with E-state index in [2.05, 4.69) is 23.8 Å². The van der Waals surface area contributed by atoms with E-state index < -0.39 is 11.6 Å². The summed E-state index contributed by atoms with van der Waals surface area (Å²) in [5, 5.41) is 0. The van der Waals surface area contributed by atoms with Crippen molar-refractivity contribution < 1.29 is 8.78 Å². The predicted molar refractivity (Wildman–Crippen MR) is 70.3 cm³/mol. The Kier molecular flexibility index (Phi) is 3.95. The van der Waals surface area contributed by atoms with Crippen LogP contribution in [0.5, 0.6) is 0 Å². The molecule has 2 rings (SSSR count). The van der Waals surface area contributed by atoms with Crippen molar-refractivity contribution in [3.05, 3.63) is 41.9 Å². The standard InChI is InChI=1S/C14H17F2N3/c1-8(2)6-11(17)14-18-7-12(19-14)9-4-3-5-10(15)13(9)16/h3-5,7-8,11H,6,17H2,1-2H3,(H,18,19). The van der Waals surface area contributed by atoms with Gasteiger partial charge in [-0.1, -0.05) is 19.9 Å². The van der Waals surface area contributed by atoms with Gasteiger partial charge in [0.05, 0.1) is 17.9 Å². The zero-order valence-corrected chi connectivity index (χ0v) is 11.0. The first-order valence-electron chi connectivity index (χ1n) is 6.24. The van der Waals surface area contributed by atoms with Crippen molar-refractivity contribution in [3.8, 4) is 11.3 Å². The Balaban J connectivity index is 2.28. The molecule has 1 heterocycles. The molecule has 19 heavy (non-hydrogen) atoms. The molecule has 3 N–H and O–H groups in total. The Hall–Kier alpha value is -1.75. The molecule has 1 unspecified atom stereocenters. The van der Waals surface area contributed by atoms with Gasteiger partial charge in [-0.15, -0.1) is 0 Å². The Morgan fingerprint density at radius 2 is 2.05 bits per heavy atom. The number of hydrogen-bond donors (Lipinski definition) is 2. The summed E-state index contributed by atoms with van der Waals surface area (Å²) in [4.78, 5) is 7.11. The molecule has 0 bridgehead atoms. The highest BCUT2D eigenvalue weighted by Crippen LogP contribution is 2.24. The van der Waals surface area contributed by atoms with Gasteiger partial charge in [0.2, 0.25) is 0 Å². The smallest absolute Gasteiger partial charge is 0.168 e. The van der Waals surface area contributed by atoms with Crippen LogP contribution >= 0.6 is 0 Å². The maximum Gasteiger partial charge on any atom is 0.168 e. The minimum Gasteiger partial charge on any atom is -0.341 e. The Bertz CT molecular complexity index is 564. The van der Waals surface area contributed by atoms with E-state index in [1.165, 1.54) is 18.3 Å². The summed E-state index contributed by atoms with van der Waals surface area (Å²) in [6.45, 7) is 4.13. The summed E-state index contributed by atoms with van der Waals surface area (Å²) in [6.07, 6.45) is 2.26. The number of nitrogens with two attached hydrogens (primary N) is 1. The van der Waals surface area contributed by atoms with Gasteiger partial charge in [-0.2, -0.15) is 0 Å². The molecule has 0 amide bonds. The molecule has 102 valence electrons. The first-order valence-corrected chi connectivity index (χ1v) is 6.24. The van der Waals surface area contributed by atoms with Crippen LogP contribution < -0.4 is 5.73 Å². The van der Waals surface area contributed by atoms with Crippen molar-refractivity contribution >= 4 is 0 Å². The second kappa shape index (κ2) is 5.48. The van der Waals surface area contributed by atoms with Crippen LogP contribution in [-0.4, -0.2) is 9.97 Å². The largest absolute Gasteiger partial charge is 0.341 e. The molecule has 3 nitrogen and oxygen atoms in total. The van der Waals surface area contributed by atoms with Crippen molar-refractivity contribution in [2.75, 3.05) is 0 Å². The van der Waals surface area contributed by atoms with Gasteiger partial charge >= 0.3 is 0 Å². The molecule has 0 spiro atoms. The molecule has 1 aromatic heterocycles. The number of rotatable bonds is 4. The van der Waals surface area contributed by atoms with Gasteiger partial charge in [-0.05, 0) is 24.5 Å². The molecule has 0 saturated carbocycles. The SMILES string of the molecule is CC(C)CC(N)c1ncc(-c2cccc(F)c2F)[nH]1. The van der Waals surface area contributed by atoms with E-state index in [1.54, 1.807) is 0 Å². The quantitative estimate of drug-likeness (QED) is 0.890. The number of nitrogens with zero attached hydrogens (tertiary/aromatic N) is 1. The molecule has 1 aromatic carbocycles. The average molecular weight is 265 g/mol. The van der Waals surface area contributed by atoms with E-state index in [4.69, 9.17) is 5.73 Å². The lowest BCUT2D eigenvalue weighted by Gasteiger charge is -2.11. The van der Waals surface area contributed by atoms with Gasteiger partial charge in [0, 0.05) is 5.56 Å². The first kappa shape index (κ1) is 13.7. The first-order chi connectivity index (χ1) is 8.99. The Morgan fingerprint density at radius 1 is 1.32 bits per heavy atom. The number of halogens is 2. The summed E-state index contributed by atoms with van der Waals surface area (Å²) in [6, 6.07) is 3.82. The second-order valence-corrected chi connectivity index (χ2v) is 5.02. The highest BCUT2D eigenvalue weighted by Gasteiger charge is 2.15. The Morgan fingerprint density at radius 3 is 2.74 bits per heavy atom. The normalized spacial score (nSPS) is 12.9. The van der Waals surface area contributed by atoms with Gasteiger partial charge in [-0.25, -0.2) is 13.8 Å². The van der Waals surface area contributed by atoms with E-state index in [1.807, 2.05) is 0 Å². The molecule has 0 fully saturated rings. The van der Waals surface area contributed by atoms with Crippen LogP contribution in [0.2, 0.25) is 0 Å². The van der Waals surface area contributed by atoms with Crippen LogP contribution in [0.1, 0.15) is 32.1 Å². The number of aromatic nitrogens is 2. The van der Waals surface area contributed by atoms with Crippen molar-refractivity contribution in [2.24, 2.45) is 11.7 Å². The number of nitrogens with one attached hydrogen (secondary N) is 1. The summed E-state index contributed by atoms with van der Waals surface area (Å²) in [7, 11) is 0. The fourth-order valence-corrected chi connectivity index (χ4v) is 1.99. The highest BCUT2D eigenvalue weighted by molar-refractivity contribution is 5.59. The van der Waals surface area contributed by atoms with E-state index in [0.29, 0.717) is 17.4 Å². The van der Waals surface area contributed by atoms with E-state index in [0.717, 1.165) is 12.5 Å². The average Bonchev–Trinajstić information content (AvgIpc) is 2.81. The minimum atomic E-state index is -0.880. The highest BCUT2D eigenvalue weighted by atomic mass is 19.2. The molecular weight excluding hydrogens is 248 g/mol. The molecule has 0 aliphatic heterocycles. The molecule has 0 aliphatic carbocycles. The van der Waals surface area contributed by atoms with E-state index in [9.17, 15) is 8.78 Å². The van der Waals surface area contributed by atoms with Crippen LogP contribution in [-0.2, 0) is 0 Å². The molecule has 0 radical (unpaired) electrons. The Labute approximate surface area is 110 Å². The van der Waals surface area contributed by atoms with Crippen molar-refractivity contribution in [1.82, 2.24) is 9.97 Å².